The lowest BCUT2D eigenvalue weighted by Gasteiger charge is -2.58. The summed E-state index contributed by atoms with van der Waals surface area (Å²) in [4.78, 5) is 24.4. The van der Waals surface area contributed by atoms with Gasteiger partial charge in [0.05, 0.1) is 0 Å². The van der Waals surface area contributed by atoms with E-state index in [4.69, 9.17) is 6.42 Å². The third-order valence-corrected chi connectivity index (χ3v) is 8.65. The van der Waals surface area contributed by atoms with Crippen molar-refractivity contribution in [2.24, 2.45) is 34.5 Å². The molecule has 140 valence electrons. The van der Waals surface area contributed by atoms with Gasteiger partial charge in [0.1, 0.15) is 6.61 Å². The van der Waals surface area contributed by atoms with Gasteiger partial charge < -0.3 is 5.11 Å². The second kappa shape index (κ2) is 6.34. The topological polar surface area (TPSA) is 54.4 Å². The fourth-order valence-corrected chi connectivity index (χ4v) is 7.49. The van der Waals surface area contributed by atoms with E-state index in [9.17, 15) is 14.7 Å². The lowest BCUT2D eigenvalue weighted by Crippen LogP contribution is -2.52. The zero-order valence-electron chi connectivity index (χ0n) is 15.8. The van der Waals surface area contributed by atoms with Gasteiger partial charge in [0.15, 0.2) is 11.6 Å². The molecule has 3 nitrogen and oxygen atoms in total. The SMILES string of the molecule is C#CC[C@]12CC[C@H]3[C@@H](CCC4=CC(=O)CC[C@@]43C)[C@@H]1CC[C@@H]2C(=O)CO. The lowest BCUT2D eigenvalue weighted by atomic mass is 9.46. The van der Waals surface area contributed by atoms with Crippen molar-refractivity contribution in [1.82, 2.24) is 0 Å². The van der Waals surface area contributed by atoms with Gasteiger partial charge in [0.2, 0.25) is 0 Å². The molecule has 4 rings (SSSR count). The highest BCUT2D eigenvalue weighted by Gasteiger charge is 2.61. The van der Waals surface area contributed by atoms with E-state index < -0.39 is 0 Å². The summed E-state index contributed by atoms with van der Waals surface area (Å²) in [6.45, 7) is 2.02. The first-order valence-corrected chi connectivity index (χ1v) is 10.3. The zero-order chi connectivity index (χ0) is 18.5. The van der Waals surface area contributed by atoms with Crippen LogP contribution in [0, 0.1) is 46.8 Å². The number of allylic oxidation sites excluding steroid dienone is 1. The first-order chi connectivity index (χ1) is 12.5. The third kappa shape index (κ3) is 2.38. The Morgan fingerprint density at radius 1 is 1.23 bits per heavy atom. The molecule has 0 radical (unpaired) electrons. The Labute approximate surface area is 156 Å². The minimum Gasteiger partial charge on any atom is -0.389 e. The molecule has 0 aliphatic heterocycles. The Morgan fingerprint density at radius 3 is 2.77 bits per heavy atom. The van der Waals surface area contributed by atoms with Crippen molar-refractivity contribution in [3.8, 4) is 12.3 Å². The van der Waals surface area contributed by atoms with E-state index in [0.717, 1.165) is 44.9 Å². The largest absolute Gasteiger partial charge is 0.389 e. The van der Waals surface area contributed by atoms with Crippen LogP contribution in [0.5, 0.6) is 0 Å². The van der Waals surface area contributed by atoms with Crippen LogP contribution in [0.2, 0.25) is 0 Å². The highest BCUT2D eigenvalue weighted by Crippen LogP contribution is 2.67. The van der Waals surface area contributed by atoms with Crippen molar-refractivity contribution in [3.63, 3.8) is 0 Å². The number of terminal acetylenes is 1. The number of ketones is 2. The maximum absolute atomic E-state index is 12.5. The van der Waals surface area contributed by atoms with Crippen molar-refractivity contribution in [3.05, 3.63) is 11.6 Å². The number of aliphatic hydroxyl groups is 1. The molecule has 26 heavy (non-hydrogen) atoms. The van der Waals surface area contributed by atoms with Crippen molar-refractivity contribution in [2.45, 2.75) is 64.7 Å². The summed E-state index contributed by atoms with van der Waals surface area (Å²) >= 11 is 0. The quantitative estimate of drug-likeness (QED) is 0.786. The van der Waals surface area contributed by atoms with Gasteiger partial charge >= 0.3 is 0 Å². The van der Waals surface area contributed by atoms with Crippen LogP contribution >= 0.6 is 0 Å². The number of carbonyl (C=O) groups excluding carboxylic acids is 2. The highest BCUT2D eigenvalue weighted by molar-refractivity contribution is 5.91. The van der Waals surface area contributed by atoms with Crippen LogP contribution in [0.15, 0.2) is 11.6 Å². The van der Waals surface area contributed by atoms with E-state index in [1.165, 1.54) is 5.57 Å². The molecule has 0 aromatic carbocycles. The van der Waals surface area contributed by atoms with E-state index in [1.807, 2.05) is 6.08 Å². The van der Waals surface area contributed by atoms with E-state index in [1.54, 1.807) is 0 Å². The van der Waals surface area contributed by atoms with Gasteiger partial charge in [0, 0.05) is 18.8 Å². The number of Topliss-reactive ketones (excluding diaryl/α,β-unsaturated/α-hetero) is 1. The molecule has 3 saturated carbocycles. The molecule has 3 heteroatoms. The van der Waals surface area contributed by atoms with E-state index in [0.29, 0.717) is 36.4 Å². The van der Waals surface area contributed by atoms with Crippen molar-refractivity contribution >= 4 is 11.6 Å². The minimum atomic E-state index is -0.357. The number of carbonyl (C=O) groups is 2. The van der Waals surface area contributed by atoms with Crippen molar-refractivity contribution in [1.29, 1.82) is 0 Å². The Bertz CT molecular complexity index is 699. The normalized spacial score (nSPS) is 44.3. The summed E-state index contributed by atoms with van der Waals surface area (Å²) < 4.78 is 0. The highest BCUT2D eigenvalue weighted by atomic mass is 16.3. The van der Waals surface area contributed by atoms with Gasteiger partial charge in [0.25, 0.3) is 0 Å². The molecule has 0 aromatic rings. The van der Waals surface area contributed by atoms with Crippen LogP contribution in [-0.4, -0.2) is 23.3 Å². The van der Waals surface area contributed by atoms with Crippen LogP contribution in [0.1, 0.15) is 64.7 Å². The molecule has 4 aliphatic carbocycles. The van der Waals surface area contributed by atoms with Crippen LogP contribution in [0.4, 0.5) is 0 Å². The molecule has 0 spiro atoms. The first kappa shape index (κ1) is 18.0. The van der Waals surface area contributed by atoms with E-state index in [2.05, 4.69) is 12.8 Å². The number of aliphatic hydroxyl groups excluding tert-OH is 1. The molecule has 4 aliphatic rings. The van der Waals surface area contributed by atoms with Crippen LogP contribution in [0.25, 0.3) is 0 Å². The summed E-state index contributed by atoms with van der Waals surface area (Å²) in [6.07, 6.45) is 16.2. The predicted molar refractivity (Wildman–Crippen MR) is 100 cm³/mol. The molecule has 6 atom stereocenters. The Morgan fingerprint density at radius 2 is 2.04 bits per heavy atom. The average molecular weight is 354 g/mol. The summed E-state index contributed by atoms with van der Waals surface area (Å²) in [5.74, 6) is 4.81. The van der Waals surface area contributed by atoms with E-state index >= 15 is 0 Å². The maximum Gasteiger partial charge on any atom is 0.161 e. The fraction of sp³-hybridized carbons (Fsp3) is 0.739. The Balaban J connectivity index is 1.69. The molecule has 3 fully saturated rings. The summed E-state index contributed by atoms with van der Waals surface area (Å²) in [7, 11) is 0. The minimum absolute atomic E-state index is 0.00734. The molecule has 0 heterocycles. The number of rotatable bonds is 3. The monoisotopic (exact) mass is 354 g/mol. The zero-order valence-corrected chi connectivity index (χ0v) is 15.8. The van der Waals surface area contributed by atoms with Gasteiger partial charge in [-0.25, -0.2) is 0 Å². The van der Waals surface area contributed by atoms with Crippen LogP contribution in [-0.2, 0) is 9.59 Å². The van der Waals surface area contributed by atoms with Crippen LogP contribution < -0.4 is 0 Å². The molecular formula is C23H30O3. The smallest absolute Gasteiger partial charge is 0.161 e. The van der Waals surface area contributed by atoms with E-state index in [-0.39, 0.29) is 29.1 Å². The number of hydrogen-bond donors (Lipinski definition) is 1. The average Bonchev–Trinajstić information content (AvgIpc) is 3.01. The lowest BCUT2D eigenvalue weighted by molar-refractivity contribution is -0.134. The summed E-state index contributed by atoms with van der Waals surface area (Å²) in [5, 5.41) is 9.48. The van der Waals surface area contributed by atoms with Gasteiger partial charge in [-0.15, -0.1) is 12.3 Å². The van der Waals surface area contributed by atoms with Crippen molar-refractivity contribution in [2.75, 3.05) is 6.61 Å². The van der Waals surface area contributed by atoms with Gasteiger partial charge in [-0.1, -0.05) is 12.5 Å². The maximum atomic E-state index is 12.5. The second-order valence-corrected chi connectivity index (χ2v) is 9.38. The molecule has 0 saturated heterocycles. The Hall–Kier alpha value is -1.40. The predicted octanol–water partition coefficient (Wildman–Crippen LogP) is 3.70. The van der Waals surface area contributed by atoms with Gasteiger partial charge in [-0.05, 0) is 79.6 Å². The molecule has 1 N–H and O–H groups in total. The first-order valence-electron chi connectivity index (χ1n) is 10.3. The molecule has 0 bridgehead atoms. The van der Waals surface area contributed by atoms with Crippen molar-refractivity contribution < 1.29 is 14.7 Å². The van der Waals surface area contributed by atoms with Gasteiger partial charge in [-0.2, -0.15) is 0 Å². The number of hydrogen-bond acceptors (Lipinski definition) is 3. The number of fused-ring (bicyclic) bond motifs is 5. The van der Waals surface area contributed by atoms with Crippen LogP contribution in [0.3, 0.4) is 0 Å². The fourth-order valence-electron chi connectivity index (χ4n) is 7.49. The Kier molecular flexibility index (Phi) is 4.39. The molecule has 0 unspecified atom stereocenters. The second-order valence-electron chi connectivity index (χ2n) is 9.38. The molecule has 0 aromatic heterocycles. The molecular weight excluding hydrogens is 324 g/mol. The third-order valence-electron chi connectivity index (χ3n) is 8.65. The standard InChI is InChI=1S/C23H30O3/c1-3-10-23-12-9-18-17(19(23)6-7-20(23)21(26)14-24)5-4-15-13-16(25)8-11-22(15,18)2/h1,13,17-20,24H,4-12,14H2,2H3/t17-,18+,19+,20-,22+,23+/m1/s1. The summed E-state index contributed by atoms with van der Waals surface area (Å²) in [6, 6.07) is 0. The van der Waals surface area contributed by atoms with Gasteiger partial charge in [-0.3, -0.25) is 9.59 Å². The molecule has 0 amide bonds. The summed E-state index contributed by atoms with van der Waals surface area (Å²) in [5.41, 5.74) is 1.43.